The Bertz CT molecular complexity index is 132. The summed E-state index contributed by atoms with van der Waals surface area (Å²) in [6.45, 7) is 3.19. The molecule has 4 heteroatoms. The standard InChI is InChI=1S/C4H6N2OS/c1-2-3(7)6-4(5)8/h2H,1H2,(H3,5,6,7,8). The fourth-order valence-corrected chi connectivity index (χ4v) is 0.273. The molecule has 0 aromatic heterocycles. The molecule has 0 aliphatic rings. The van der Waals surface area contributed by atoms with Crippen LogP contribution in [-0.2, 0) is 4.79 Å². The normalized spacial score (nSPS) is 7.50. The topological polar surface area (TPSA) is 55.1 Å². The second kappa shape index (κ2) is 3.15. The van der Waals surface area contributed by atoms with Crippen molar-refractivity contribution in [2.45, 2.75) is 0 Å². The lowest BCUT2D eigenvalue weighted by atomic mass is 10.6. The molecule has 0 saturated carbocycles. The number of nitrogens with two attached hydrogens (primary N) is 1. The van der Waals surface area contributed by atoms with Gasteiger partial charge in [0.25, 0.3) is 0 Å². The van der Waals surface area contributed by atoms with Gasteiger partial charge in [0.15, 0.2) is 5.11 Å². The summed E-state index contributed by atoms with van der Waals surface area (Å²) < 4.78 is 0. The van der Waals surface area contributed by atoms with Gasteiger partial charge < -0.3 is 5.73 Å². The molecule has 0 unspecified atom stereocenters. The van der Waals surface area contributed by atoms with Crippen molar-refractivity contribution in [2.24, 2.45) is 5.73 Å². The lowest BCUT2D eigenvalue weighted by Crippen LogP contribution is -2.33. The van der Waals surface area contributed by atoms with Gasteiger partial charge in [0, 0.05) is 0 Å². The van der Waals surface area contributed by atoms with E-state index >= 15 is 0 Å². The zero-order chi connectivity index (χ0) is 6.57. The van der Waals surface area contributed by atoms with Crippen LogP contribution in [0, 0.1) is 0 Å². The number of amides is 1. The van der Waals surface area contributed by atoms with Crippen LogP contribution in [0.15, 0.2) is 12.7 Å². The van der Waals surface area contributed by atoms with Crippen LogP contribution in [-0.4, -0.2) is 11.0 Å². The molecule has 3 nitrogen and oxygen atoms in total. The summed E-state index contributed by atoms with van der Waals surface area (Å²) in [5.41, 5.74) is 4.92. The minimum Gasteiger partial charge on any atom is -0.376 e. The highest BCUT2D eigenvalue weighted by atomic mass is 32.1. The average molecular weight is 130 g/mol. The van der Waals surface area contributed by atoms with Crippen molar-refractivity contribution < 1.29 is 4.79 Å². The van der Waals surface area contributed by atoms with Crippen LogP contribution < -0.4 is 11.1 Å². The van der Waals surface area contributed by atoms with Crippen LogP contribution in [0.5, 0.6) is 0 Å². The number of nitrogens with one attached hydrogen (secondary N) is 1. The molecular formula is C4H6N2OS. The summed E-state index contributed by atoms with van der Waals surface area (Å²) in [5.74, 6) is -0.377. The van der Waals surface area contributed by atoms with Gasteiger partial charge >= 0.3 is 0 Å². The largest absolute Gasteiger partial charge is 0.376 e. The minimum atomic E-state index is -0.377. The molecule has 0 rings (SSSR count). The molecule has 0 spiro atoms. The summed E-state index contributed by atoms with van der Waals surface area (Å²) in [4.78, 5) is 10.2. The number of hydrogen-bond acceptors (Lipinski definition) is 2. The monoisotopic (exact) mass is 130 g/mol. The van der Waals surface area contributed by atoms with E-state index in [0.29, 0.717) is 0 Å². The van der Waals surface area contributed by atoms with Crippen LogP contribution in [0.2, 0.25) is 0 Å². The summed E-state index contributed by atoms with van der Waals surface area (Å²) in [7, 11) is 0. The lowest BCUT2D eigenvalue weighted by Gasteiger charge is -1.93. The highest BCUT2D eigenvalue weighted by molar-refractivity contribution is 7.80. The van der Waals surface area contributed by atoms with Crippen molar-refractivity contribution in [1.82, 2.24) is 5.32 Å². The summed E-state index contributed by atoms with van der Waals surface area (Å²) in [6.07, 6.45) is 1.10. The smallest absolute Gasteiger partial charge is 0.249 e. The van der Waals surface area contributed by atoms with Crippen LogP contribution in [0.1, 0.15) is 0 Å². The Morgan fingerprint density at radius 2 is 2.38 bits per heavy atom. The number of thiocarbonyl (C=S) groups is 1. The number of carbonyl (C=O) groups excluding carboxylic acids is 1. The molecule has 0 heterocycles. The molecule has 0 aliphatic heterocycles. The van der Waals surface area contributed by atoms with Crippen LogP contribution in [0.25, 0.3) is 0 Å². The highest BCUT2D eigenvalue weighted by Gasteiger charge is 1.90. The fourth-order valence-electron chi connectivity index (χ4n) is 0.172. The highest BCUT2D eigenvalue weighted by Crippen LogP contribution is 1.63. The second-order valence-electron chi connectivity index (χ2n) is 1.06. The van der Waals surface area contributed by atoms with E-state index in [-0.39, 0.29) is 11.0 Å². The maximum atomic E-state index is 10.2. The predicted molar refractivity (Wildman–Crippen MR) is 35.1 cm³/mol. The van der Waals surface area contributed by atoms with Gasteiger partial charge in [-0.1, -0.05) is 6.58 Å². The van der Waals surface area contributed by atoms with E-state index in [1.54, 1.807) is 0 Å². The first kappa shape index (κ1) is 7.10. The molecule has 0 fully saturated rings. The molecule has 0 aromatic rings. The van der Waals surface area contributed by atoms with Crippen molar-refractivity contribution >= 4 is 23.2 Å². The fraction of sp³-hybridized carbons (Fsp3) is 0. The van der Waals surface area contributed by atoms with Crippen molar-refractivity contribution in [3.8, 4) is 0 Å². The molecule has 44 valence electrons. The first-order valence-corrected chi connectivity index (χ1v) is 2.30. The van der Waals surface area contributed by atoms with Crippen LogP contribution >= 0.6 is 12.2 Å². The third-order valence-electron chi connectivity index (χ3n) is 0.432. The molecule has 8 heavy (non-hydrogen) atoms. The Morgan fingerprint density at radius 3 is 2.50 bits per heavy atom. The molecule has 0 atom stereocenters. The van der Waals surface area contributed by atoms with E-state index in [1.807, 2.05) is 0 Å². The van der Waals surface area contributed by atoms with Crippen molar-refractivity contribution in [3.63, 3.8) is 0 Å². The van der Waals surface area contributed by atoms with Crippen molar-refractivity contribution in [3.05, 3.63) is 12.7 Å². The Labute approximate surface area is 52.6 Å². The zero-order valence-electron chi connectivity index (χ0n) is 4.18. The molecule has 0 saturated heterocycles. The molecular weight excluding hydrogens is 124 g/mol. The zero-order valence-corrected chi connectivity index (χ0v) is 4.99. The molecule has 0 bridgehead atoms. The van der Waals surface area contributed by atoms with E-state index < -0.39 is 0 Å². The van der Waals surface area contributed by atoms with E-state index in [4.69, 9.17) is 5.73 Å². The van der Waals surface area contributed by atoms with E-state index in [0.717, 1.165) is 6.08 Å². The Morgan fingerprint density at radius 1 is 1.88 bits per heavy atom. The van der Waals surface area contributed by atoms with E-state index in [1.165, 1.54) is 0 Å². The Hall–Kier alpha value is -0.900. The summed E-state index contributed by atoms with van der Waals surface area (Å²) in [6, 6.07) is 0. The van der Waals surface area contributed by atoms with Gasteiger partial charge in [0.2, 0.25) is 5.91 Å². The van der Waals surface area contributed by atoms with Crippen LogP contribution in [0.3, 0.4) is 0 Å². The molecule has 0 radical (unpaired) electrons. The third kappa shape index (κ3) is 3.30. The predicted octanol–water partition coefficient (Wildman–Crippen LogP) is -0.468. The van der Waals surface area contributed by atoms with Gasteiger partial charge in [-0.25, -0.2) is 0 Å². The maximum absolute atomic E-state index is 10.2. The Balaban J connectivity index is 3.55. The Kier molecular flexibility index (Phi) is 2.79. The van der Waals surface area contributed by atoms with Gasteiger partial charge in [-0.2, -0.15) is 0 Å². The van der Waals surface area contributed by atoms with E-state index in [2.05, 4.69) is 24.1 Å². The van der Waals surface area contributed by atoms with Crippen molar-refractivity contribution in [2.75, 3.05) is 0 Å². The first-order valence-electron chi connectivity index (χ1n) is 1.89. The molecule has 3 N–H and O–H groups in total. The summed E-state index contributed by atoms with van der Waals surface area (Å²) >= 11 is 4.34. The SMILES string of the molecule is C=CC(=O)NC(N)=S. The quantitative estimate of drug-likeness (QED) is 0.373. The van der Waals surface area contributed by atoms with Gasteiger partial charge in [-0.3, -0.25) is 10.1 Å². The first-order chi connectivity index (χ1) is 3.66. The van der Waals surface area contributed by atoms with Gasteiger partial charge in [0.1, 0.15) is 0 Å². The van der Waals surface area contributed by atoms with Crippen molar-refractivity contribution in [1.29, 1.82) is 0 Å². The van der Waals surface area contributed by atoms with E-state index in [9.17, 15) is 4.79 Å². The minimum absolute atomic E-state index is 0.0325. The van der Waals surface area contributed by atoms with Gasteiger partial charge in [-0.05, 0) is 18.3 Å². The van der Waals surface area contributed by atoms with Gasteiger partial charge in [0.05, 0.1) is 0 Å². The number of rotatable bonds is 1. The maximum Gasteiger partial charge on any atom is 0.249 e. The van der Waals surface area contributed by atoms with Gasteiger partial charge in [-0.15, -0.1) is 0 Å². The number of carbonyl (C=O) groups is 1. The molecule has 1 amide bonds. The molecule has 0 aliphatic carbocycles. The number of hydrogen-bond donors (Lipinski definition) is 2. The third-order valence-corrected chi connectivity index (χ3v) is 0.534. The lowest BCUT2D eigenvalue weighted by molar-refractivity contribution is -0.115. The summed E-state index contributed by atoms with van der Waals surface area (Å²) in [5, 5.41) is 2.11. The average Bonchev–Trinajstić information content (AvgIpc) is 1.65. The van der Waals surface area contributed by atoms with Crippen LogP contribution in [0.4, 0.5) is 0 Å². The molecule has 0 aromatic carbocycles. The second-order valence-corrected chi connectivity index (χ2v) is 1.50.